The molecule has 0 spiro atoms. The number of halogens is 1. The molecule has 1 unspecified atom stereocenters. The molecule has 0 saturated carbocycles. The van der Waals surface area contributed by atoms with Crippen LogP contribution in [0, 0.1) is 11.7 Å². The van der Waals surface area contributed by atoms with Crippen LogP contribution >= 0.6 is 0 Å². The lowest BCUT2D eigenvalue weighted by Gasteiger charge is -2.17. The van der Waals surface area contributed by atoms with Crippen LogP contribution in [0.15, 0.2) is 47.0 Å². The van der Waals surface area contributed by atoms with Crippen molar-refractivity contribution in [1.82, 2.24) is 5.16 Å². The molecule has 4 heteroatoms. The standard InChI is InChI=1S/C18H19FN2O/c1-11(2)9-16(20)13-5-3-4-6-14(13)18-15-8-7-12(19)10-17(15)22-21-18/h3-8,10-11,16H,9,20H2,1-2H3. The Balaban J connectivity index is 2.11. The van der Waals surface area contributed by atoms with Crippen molar-refractivity contribution in [2.45, 2.75) is 26.3 Å². The zero-order chi connectivity index (χ0) is 15.7. The maximum atomic E-state index is 13.3. The second-order valence-electron chi connectivity index (χ2n) is 5.99. The van der Waals surface area contributed by atoms with Crippen molar-refractivity contribution in [2.24, 2.45) is 11.7 Å². The number of rotatable bonds is 4. The highest BCUT2D eigenvalue weighted by atomic mass is 19.1. The van der Waals surface area contributed by atoms with Gasteiger partial charge in [0.15, 0.2) is 5.58 Å². The van der Waals surface area contributed by atoms with E-state index in [4.69, 9.17) is 10.3 Å². The lowest BCUT2D eigenvalue weighted by Crippen LogP contribution is -2.14. The maximum Gasteiger partial charge on any atom is 0.170 e. The van der Waals surface area contributed by atoms with Gasteiger partial charge in [0.1, 0.15) is 11.5 Å². The fourth-order valence-electron chi connectivity index (χ4n) is 2.78. The van der Waals surface area contributed by atoms with Crippen molar-refractivity contribution in [1.29, 1.82) is 0 Å². The molecule has 3 nitrogen and oxygen atoms in total. The van der Waals surface area contributed by atoms with Crippen molar-refractivity contribution in [2.75, 3.05) is 0 Å². The highest BCUT2D eigenvalue weighted by molar-refractivity contribution is 5.92. The highest BCUT2D eigenvalue weighted by Gasteiger charge is 2.18. The Hall–Kier alpha value is -2.20. The minimum Gasteiger partial charge on any atom is -0.356 e. The van der Waals surface area contributed by atoms with Gasteiger partial charge in [-0.05, 0) is 30.0 Å². The van der Waals surface area contributed by atoms with Crippen LogP contribution in [-0.2, 0) is 0 Å². The monoisotopic (exact) mass is 298 g/mol. The zero-order valence-electron chi connectivity index (χ0n) is 12.7. The van der Waals surface area contributed by atoms with E-state index < -0.39 is 0 Å². The van der Waals surface area contributed by atoms with E-state index in [0.29, 0.717) is 17.2 Å². The SMILES string of the molecule is CC(C)CC(N)c1ccccc1-c1noc2cc(F)ccc12. The molecule has 0 aliphatic heterocycles. The molecule has 0 fully saturated rings. The Morgan fingerprint density at radius 2 is 1.95 bits per heavy atom. The van der Waals surface area contributed by atoms with Crippen molar-refractivity contribution in [3.05, 3.63) is 53.8 Å². The first-order valence-electron chi connectivity index (χ1n) is 7.46. The second kappa shape index (κ2) is 5.89. The molecule has 0 aliphatic rings. The minimum atomic E-state index is -0.333. The lowest BCUT2D eigenvalue weighted by atomic mass is 9.92. The van der Waals surface area contributed by atoms with Crippen LogP contribution < -0.4 is 5.73 Å². The number of aromatic nitrogens is 1. The molecular formula is C18H19FN2O. The summed E-state index contributed by atoms with van der Waals surface area (Å²) in [5.74, 6) is 0.172. The summed E-state index contributed by atoms with van der Waals surface area (Å²) >= 11 is 0. The zero-order valence-corrected chi connectivity index (χ0v) is 12.7. The van der Waals surface area contributed by atoms with E-state index in [-0.39, 0.29) is 11.9 Å². The summed E-state index contributed by atoms with van der Waals surface area (Å²) in [6, 6.07) is 12.3. The fraction of sp³-hybridized carbons (Fsp3) is 0.278. The first kappa shape index (κ1) is 14.7. The summed E-state index contributed by atoms with van der Waals surface area (Å²) in [5.41, 5.74) is 9.50. The Labute approximate surface area is 128 Å². The van der Waals surface area contributed by atoms with E-state index in [2.05, 4.69) is 19.0 Å². The Kier molecular flexibility index (Phi) is 3.94. The molecule has 3 rings (SSSR count). The van der Waals surface area contributed by atoms with Crippen LogP contribution in [0.25, 0.3) is 22.2 Å². The summed E-state index contributed by atoms with van der Waals surface area (Å²) in [5, 5.41) is 4.93. The van der Waals surface area contributed by atoms with Gasteiger partial charge >= 0.3 is 0 Å². The molecule has 2 N–H and O–H groups in total. The normalized spacial score (nSPS) is 13.0. The molecule has 1 heterocycles. The summed E-state index contributed by atoms with van der Waals surface area (Å²) in [6.07, 6.45) is 0.890. The lowest BCUT2D eigenvalue weighted by molar-refractivity contribution is 0.457. The van der Waals surface area contributed by atoms with E-state index >= 15 is 0 Å². The number of hydrogen-bond acceptors (Lipinski definition) is 3. The number of nitrogens with zero attached hydrogens (tertiary/aromatic N) is 1. The van der Waals surface area contributed by atoms with Crippen LogP contribution in [0.3, 0.4) is 0 Å². The first-order chi connectivity index (χ1) is 10.6. The van der Waals surface area contributed by atoms with E-state index in [1.54, 1.807) is 6.07 Å². The third-order valence-corrected chi connectivity index (χ3v) is 3.77. The quantitative estimate of drug-likeness (QED) is 0.761. The third kappa shape index (κ3) is 2.74. The molecule has 0 radical (unpaired) electrons. The molecular weight excluding hydrogens is 279 g/mol. The minimum absolute atomic E-state index is 0.0663. The highest BCUT2D eigenvalue weighted by Crippen LogP contribution is 2.34. The molecule has 2 aromatic carbocycles. The van der Waals surface area contributed by atoms with Crippen molar-refractivity contribution < 1.29 is 8.91 Å². The van der Waals surface area contributed by atoms with E-state index in [1.807, 2.05) is 24.3 Å². The number of fused-ring (bicyclic) bond motifs is 1. The van der Waals surface area contributed by atoms with Crippen LogP contribution in [0.2, 0.25) is 0 Å². The third-order valence-electron chi connectivity index (χ3n) is 3.77. The molecule has 0 amide bonds. The van der Waals surface area contributed by atoms with E-state index in [1.165, 1.54) is 12.1 Å². The predicted octanol–water partition coefficient (Wildman–Crippen LogP) is 4.68. The smallest absolute Gasteiger partial charge is 0.170 e. The van der Waals surface area contributed by atoms with Gasteiger partial charge in [-0.25, -0.2) is 4.39 Å². The number of benzene rings is 2. The van der Waals surface area contributed by atoms with Gasteiger partial charge in [-0.15, -0.1) is 0 Å². The summed E-state index contributed by atoms with van der Waals surface area (Å²) < 4.78 is 18.6. The van der Waals surface area contributed by atoms with E-state index in [9.17, 15) is 4.39 Å². The average Bonchev–Trinajstić information content (AvgIpc) is 2.89. The summed E-state index contributed by atoms with van der Waals surface area (Å²) in [7, 11) is 0. The molecule has 114 valence electrons. The molecule has 0 aliphatic carbocycles. The van der Waals surface area contributed by atoms with E-state index in [0.717, 1.165) is 22.9 Å². The maximum absolute atomic E-state index is 13.3. The Morgan fingerprint density at radius 3 is 2.73 bits per heavy atom. The molecule has 1 aromatic heterocycles. The molecule has 0 bridgehead atoms. The first-order valence-corrected chi connectivity index (χ1v) is 7.46. The van der Waals surface area contributed by atoms with Gasteiger partial charge in [-0.3, -0.25) is 0 Å². The predicted molar refractivity (Wildman–Crippen MR) is 85.8 cm³/mol. The van der Waals surface area contributed by atoms with Crippen molar-refractivity contribution >= 4 is 11.0 Å². The largest absolute Gasteiger partial charge is 0.356 e. The topological polar surface area (TPSA) is 52.0 Å². The van der Waals surface area contributed by atoms with Crippen LogP contribution in [-0.4, -0.2) is 5.16 Å². The number of hydrogen-bond donors (Lipinski definition) is 1. The second-order valence-corrected chi connectivity index (χ2v) is 5.99. The van der Waals surface area contributed by atoms with Gasteiger partial charge < -0.3 is 10.3 Å². The molecule has 0 saturated heterocycles. The van der Waals surface area contributed by atoms with Crippen LogP contribution in [0.1, 0.15) is 31.9 Å². The van der Waals surface area contributed by atoms with Gasteiger partial charge in [-0.2, -0.15) is 0 Å². The average molecular weight is 298 g/mol. The van der Waals surface area contributed by atoms with Gasteiger partial charge in [0.05, 0.1) is 0 Å². The van der Waals surface area contributed by atoms with Crippen LogP contribution in [0.4, 0.5) is 4.39 Å². The molecule has 3 aromatic rings. The van der Waals surface area contributed by atoms with Gasteiger partial charge in [0, 0.05) is 23.1 Å². The van der Waals surface area contributed by atoms with Crippen molar-refractivity contribution in [3.8, 4) is 11.3 Å². The summed E-state index contributed by atoms with van der Waals surface area (Å²) in [6.45, 7) is 4.30. The Morgan fingerprint density at radius 1 is 1.18 bits per heavy atom. The van der Waals surface area contributed by atoms with Crippen molar-refractivity contribution in [3.63, 3.8) is 0 Å². The van der Waals surface area contributed by atoms with Gasteiger partial charge in [-0.1, -0.05) is 43.3 Å². The molecule has 1 atom stereocenters. The fourth-order valence-corrected chi connectivity index (χ4v) is 2.78. The van der Waals surface area contributed by atoms with Crippen LogP contribution in [0.5, 0.6) is 0 Å². The van der Waals surface area contributed by atoms with Gasteiger partial charge in [0.25, 0.3) is 0 Å². The Bertz CT molecular complexity index is 795. The summed E-state index contributed by atoms with van der Waals surface area (Å²) in [4.78, 5) is 0. The number of nitrogens with two attached hydrogens (primary N) is 1. The molecule has 22 heavy (non-hydrogen) atoms. The van der Waals surface area contributed by atoms with Gasteiger partial charge in [0.2, 0.25) is 0 Å².